The van der Waals surface area contributed by atoms with Crippen LogP contribution >= 0.6 is 11.3 Å². The third-order valence-corrected chi connectivity index (χ3v) is 5.11. The second-order valence-electron chi connectivity index (χ2n) is 6.47. The number of rotatable bonds is 5. The summed E-state index contributed by atoms with van der Waals surface area (Å²) in [6.45, 7) is 9.93. The molecule has 1 unspecified atom stereocenters. The molecule has 0 aromatic carbocycles. The standard InChI is InChI=1S/C16H27N3O2S/c1-11(2)19(9-13(4)20)15(21)14-5-7-18(8-6-14)16-17-12(3)10-22-16/h10-11,13-14,20H,5-9H2,1-4H3. The number of hydrogen-bond donors (Lipinski definition) is 1. The first-order valence-electron chi connectivity index (χ1n) is 8.04. The molecule has 0 spiro atoms. The first kappa shape index (κ1) is 17.2. The summed E-state index contributed by atoms with van der Waals surface area (Å²) in [5.74, 6) is 0.254. The summed E-state index contributed by atoms with van der Waals surface area (Å²) < 4.78 is 0. The van der Waals surface area contributed by atoms with Crippen molar-refractivity contribution in [3.05, 3.63) is 11.1 Å². The lowest BCUT2D eigenvalue weighted by atomic mass is 9.95. The van der Waals surface area contributed by atoms with E-state index >= 15 is 0 Å². The number of carbonyl (C=O) groups is 1. The van der Waals surface area contributed by atoms with E-state index in [0.717, 1.165) is 36.8 Å². The lowest BCUT2D eigenvalue weighted by molar-refractivity contribution is -0.139. The van der Waals surface area contributed by atoms with Crippen molar-refractivity contribution in [3.8, 4) is 0 Å². The van der Waals surface area contributed by atoms with Gasteiger partial charge in [0.2, 0.25) is 5.91 Å². The van der Waals surface area contributed by atoms with Gasteiger partial charge < -0.3 is 14.9 Å². The summed E-state index contributed by atoms with van der Waals surface area (Å²) in [5, 5.41) is 12.7. The van der Waals surface area contributed by atoms with Gasteiger partial charge in [0.05, 0.1) is 11.8 Å². The number of thiazole rings is 1. The number of carbonyl (C=O) groups excluding carboxylic acids is 1. The molecule has 22 heavy (non-hydrogen) atoms. The molecule has 1 fully saturated rings. The Labute approximate surface area is 137 Å². The summed E-state index contributed by atoms with van der Waals surface area (Å²) in [6, 6.07) is 0.127. The molecule has 0 saturated carbocycles. The number of amides is 1. The van der Waals surface area contributed by atoms with Gasteiger partial charge in [-0.1, -0.05) is 0 Å². The van der Waals surface area contributed by atoms with E-state index in [0.29, 0.717) is 6.54 Å². The molecule has 1 amide bonds. The van der Waals surface area contributed by atoms with Gasteiger partial charge >= 0.3 is 0 Å². The molecule has 0 aliphatic carbocycles. The summed E-state index contributed by atoms with van der Waals surface area (Å²) in [6.07, 6.45) is 1.24. The van der Waals surface area contributed by atoms with Crippen LogP contribution in [0.15, 0.2) is 5.38 Å². The largest absolute Gasteiger partial charge is 0.392 e. The van der Waals surface area contributed by atoms with Crippen LogP contribution in [0.2, 0.25) is 0 Å². The zero-order valence-corrected chi connectivity index (χ0v) is 14.8. The Morgan fingerprint density at radius 1 is 1.45 bits per heavy atom. The SMILES string of the molecule is Cc1csc(N2CCC(C(=O)N(CC(C)O)C(C)C)CC2)n1. The van der Waals surface area contributed by atoms with Crippen molar-refractivity contribution in [1.82, 2.24) is 9.88 Å². The Balaban J connectivity index is 1.93. The normalized spacial score (nSPS) is 17.8. The second-order valence-corrected chi connectivity index (χ2v) is 7.30. The number of aromatic nitrogens is 1. The highest BCUT2D eigenvalue weighted by Gasteiger charge is 2.30. The van der Waals surface area contributed by atoms with Crippen molar-refractivity contribution in [1.29, 1.82) is 0 Å². The van der Waals surface area contributed by atoms with Crippen LogP contribution in [0.25, 0.3) is 0 Å². The van der Waals surface area contributed by atoms with E-state index in [-0.39, 0.29) is 17.9 Å². The first-order valence-corrected chi connectivity index (χ1v) is 8.92. The third-order valence-electron chi connectivity index (χ3n) is 4.09. The summed E-state index contributed by atoms with van der Waals surface area (Å²) in [5.41, 5.74) is 1.06. The number of piperidine rings is 1. The van der Waals surface area contributed by atoms with Crippen LogP contribution in [0.5, 0.6) is 0 Å². The molecule has 1 aliphatic rings. The maximum atomic E-state index is 12.7. The predicted molar refractivity (Wildman–Crippen MR) is 90.3 cm³/mol. The minimum absolute atomic E-state index is 0.0680. The molecule has 124 valence electrons. The zero-order valence-electron chi connectivity index (χ0n) is 14.0. The Bertz CT molecular complexity index is 493. The summed E-state index contributed by atoms with van der Waals surface area (Å²) >= 11 is 1.67. The molecule has 2 heterocycles. The number of aliphatic hydroxyl groups excluding tert-OH is 1. The number of nitrogens with zero attached hydrogens (tertiary/aromatic N) is 3. The highest BCUT2D eigenvalue weighted by atomic mass is 32.1. The van der Waals surface area contributed by atoms with Crippen LogP contribution in [0, 0.1) is 12.8 Å². The fourth-order valence-corrected chi connectivity index (χ4v) is 3.74. The van der Waals surface area contributed by atoms with Crippen LogP contribution in [-0.2, 0) is 4.79 Å². The van der Waals surface area contributed by atoms with Crippen LogP contribution in [0.4, 0.5) is 5.13 Å². The smallest absolute Gasteiger partial charge is 0.226 e. The summed E-state index contributed by atoms with van der Waals surface area (Å²) in [7, 11) is 0. The zero-order chi connectivity index (χ0) is 16.3. The van der Waals surface area contributed by atoms with E-state index in [1.54, 1.807) is 18.3 Å². The summed E-state index contributed by atoms with van der Waals surface area (Å²) in [4.78, 5) is 21.3. The van der Waals surface area contributed by atoms with Crippen molar-refractivity contribution in [2.75, 3.05) is 24.5 Å². The lowest BCUT2D eigenvalue weighted by Crippen LogP contribution is -2.47. The minimum atomic E-state index is -0.482. The number of aryl methyl sites for hydroxylation is 1. The maximum Gasteiger partial charge on any atom is 0.226 e. The minimum Gasteiger partial charge on any atom is -0.392 e. The van der Waals surface area contributed by atoms with E-state index in [1.165, 1.54) is 0 Å². The fraction of sp³-hybridized carbons (Fsp3) is 0.750. The van der Waals surface area contributed by atoms with E-state index in [2.05, 4.69) is 15.3 Å². The lowest BCUT2D eigenvalue weighted by Gasteiger charge is -2.36. The molecule has 1 saturated heterocycles. The number of aliphatic hydroxyl groups is 1. The van der Waals surface area contributed by atoms with Gasteiger partial charge in [-0.05, 0) is 40.5 Å². The van der Waals surface area contributed by atoms with Gasteiger partial charge in [0.1, 0.15) is 0 Å². The van der Waals surface area contributed by atoms with E-state index in [4.69, 9.17) is 0 Å². The molecular formula is C16H27N3O2S. The highest BCUT2D eigenvalue weighted by Crippen LogP contribution is 2.27. The average molecular weight is 325 g/mol. The molecule has 0 radical (unpaired) electrons. The van der Waals surface area contributed by atoms with E-state index in [1.807, 2.05) is 25.7 Å². The first-order chi connectivity index (χ1) is 10.4. The number of anilines is 1. The second kappa shape index (κ2) is 7.42. The molecule has 1 aromatic rings. The third kappa shape index (κ3) is 4.20. The molecule has 1 N–H and O–H groups in total. The van der Waals surface area contributed by atoms with Gasteiger partial charge in [0.25, 0.3) is 0 Å². The topological polar surface area (TPSA) is 56.7 Å². The Hall–Kier alpha value is -1.14. The molecule has 6 heteroatoms. The molecule has 0 bridgehead atoms. The van der Waals surface area contributed by atoms with E-state index in [9.17, 15) is 9.90 Å². The van der Waals surface area contributed by atoms with E-state index < -0.39 is 6.10 Å². The molecule has 5 nitrogen and oxygen atoms in total. The molecule has 1 atom stereocenters. The Kier molecular flexibility index (Phi) is 5.81. The quantitative estimate of drug-likeness (QED) is 0.902. The van der Waals surface area contributed by atoms with Crippen molar-refractivity contribution in [2.45, 2.75) is 52.7 Å². The maximum absolute atomic E-state index is 12.7. The van der Waals surface area contributed by atoms with Crippen LogP contribution < -0.4 is 4.90 Å². The van der Waals surface area contributed by atoms with Crippen molar-refractivity contribution < 1.29 is 9.90 Å². The van der Waals surface area contributed by atoms with Crippen molar-refractivity contribution >= 4 is 22.4 Å². The molecule has 2 rings (SSSR count). The predicted octanol–water partition coefficient (Wildman–Crippen LogP) is 2.29. The monoisotopic (exact) mass is 325 g/mol. The van der Waals surface area contributed by atoms with Gasteiger partial charge in [0.15, 0.2) is 5.13 Å². The van der Waals surface area contributed by atoms with Crippen molar-refractivity contribution in [3.63, 3.8) is 0 Å². The fourth-order valence-electron chi connectivity index (χ4n) is 2.88. The average Bonchev–Trinajstić information content (AvgIpc) is 2.90. The van der Waals surface area contributed by atoms with Gasteiger partial charge in [0, 0.05) is 37.0 Å². The van der Waals surface area contributed by atoms with Gasteiger partial charge in [-0.3, -0.25) is 4.79 Å². The van der Waals surface area contributed by atoms with Crippen LogP contribution in [-0.4, -0.2) is 52.7 Å². The Morgan fingerprint density at radius 3 is 2.55 bits per heavy atom. The molecular weight excluding hydrogens is 298 g/mol. The van der Waals surface area contributed by atoms with Gasteiger partial charge in [-0.15, -0.1) is 11.3 Å². The van der Waals surface area contributed by atoms with Crippen molar-refractivity contribution in [2.24, 2.45) is 5.92 Å². The van der Waals surface area contributed by atoms with Gasteiger partial charge in [-0.25, -0.2) is 4.98 Å². The molecule has 1 aliphatic heterocycles. The van der Waals surface area contributed by atoms with Crippen LogP contribution in [0.1, 0.15) is 39.3 Å². The molecule has 1 aromatic heterocycles. The Morgan fingerprint density at radius 2 is 2.09 bits per heavy atom. The number of hydrogen-bond acceptors (Lipinski definition) is 5. The highest BCUT2D eigenvalue weighted by molar-refractivity contribution is 7.13. The van der Waals surface area contributed by atoms with Gasteiger partial charge in [-0.2, -0.15) is 0 Å². The van der Waals surface area contributed by atoms with Crippen LogP contribution in [0.3, 0.4) is 0 Å².